The van der Waals surface area contributed by atoms with Gasteiger partial charge in [-0.2, -0.15) is 0 Å². The first kappa shape index (κ1) is 15.9. The van der Waals surface area contributed by atoms with Crippen molar-refractivity contribution in [3.05, 3.63) is 64.1 Å². The van der Waals surface area contributed by atoms with Crippen LogP contribution in [-0.4, -0.2) is 27.0 Å². The molecule has 0 unspecified atom stereocenters. The average Bonchev–Trinajstić information content (AvgIpc) is 2.93. The van der Waals surface area contributed by atoms with E-state index in [0.717, 1.165) is 0 Å². The number of carbonyl (C=O) groups is 1. The number of aryl methyl sites for hydroxylation is 1. The lowest BCUT2D eigenvalue weighted by Gasteiger charge is -2.07. The largest absolute Gasteiger partial charge is 0.354 e. The number of nitrogens with one attached hydrogen (secondary N) is 2. The smallest absolute Gasteiger partial charge is 0.253 e. The number of fused-ring (bicyclic) bond motifs is 1. The zero-order valence-corrected chi connectivity index (χ0v) is 13.2. The van der Waals surface area contributed by atoms with Crippen LogP contribution in [0.5, 0.6) is 0 Å². The van der Waals surface area contributed by atoms with Gasteiger partial charge in [-0.05, 0) is 31.2 Å². The Morgan fingerprint density at radius 1 is 1.38 bits per heavy atom. The van der Waals surface area contributed by atoms with Crippen molar-refractivity contribution in [1.29, 1.82) is 0 Å². The van der Waals surface area contributed by atoms with Gasteiger partial charge in [0.15, 0.2) is 0 Å². The standard InChI is InChI=1S/C17H17FN4O2/c1-11-3-2-8-22(17(11)24)10-16(23)19-7-6-15-20-13-5-4-12(18)9-14(13)21-15/h2-5,8-9H,6-7,10H2,1H3,(H,19,23)(H,20,21). The average molecular weight is 328 g/mol. The van der Waals surface area contributed by atoms with Crippen LogP contribution in [0.4, 0.5) is 4.39 Å². The van der Waals surface area contributed by atoms with Crippen LogP contribution in [0.2, 0.25) is 0 Å². The van der Waals surface area contributed by atoms with Gasteiger partial charge >= 0.3 is 0 Å². The zero-order valence-electron chi connectivity index (χ0n) is 13.2. The van der Waals surface area contributed by atoms with Crippen LogP contribution < -0.4 is 10.9 Å². The Bertz CT molecular complexity index is 945. The second-order valence-corrected chi connectivity index (χ2v) is 5.57. The molecule has 0 aliphatic heterocycles. The summed E-state index contributed by atoms with van der Waals surface area (Å²) in [6.45, 7) is 2.06. The lowest BCUT2D eigenvalue weighted by molar-refractivity contribution is -0.121. The Hall–Kier alpha value is -2.96. The van der Waals surface area contributed by atoms with Gasteiger partial charge in [0.05, 0.1) is 11.0 Å². The molecule has 3 rings (SSSR count). The van der Waals surface area contributed by atoms with Gasteiger partial charge in [0.1, 0.15) is 18.2 Å². The van der Waals surface area contributed by atoms with E-state index in [0.29, 0.717) is 35.4 Å². The number of hydrogen-bond acceptors (Lipinski definition) is 3. The topological polar surface area (TPSA) is 79.8 Å². The number of amides is 1. The van der Waals surface area contributed by atoms with E-state index in [1.807, 2.05) is 0 Å². The first-order valence-corrected chi connectivity index (χ1v) is 7.60. The van der Waals surface area contributed by atoms with Crippen molar-refractivity contribution in [2.75, 3.05) is 6.54 Å². The number of carbonyl (C=O) groups excluding carboxylic acids is 1. The number of aromatic amines is 1. The van der Waals surface area contributed by atoms with E-state index in [-0.39, 0.29) is 23.8 Å². The maximum atomic E-state index is 13.1. The number of rotatable bonds is 5. The number of benzene rings is 1. The van der Waals surface area contributed by atoms with Crippen molar-refractivity contribution in [2.24, 2.45) is 0 Å². The summed E-state index contributed by atoms with van der Waals surface area (Å²) in [7, 11) is 0. The van der Waals surface area contributed by atoms with Crippen molar-refractivity contribution in [3.63, 3.8) is 0 Å². The molecule has 0 fully saturated rings. The summed E-state index contributed by atoms with van der Waals surface area (Å²) in [5.41, 5.74) is 1.73. The SMILES string of the molecule is Cc1cccn(CC(=O)NCCc2nc3ccc(F)cc3[nH]2)c1=O. The van der Waals surface area contributed by atoms with Crippen LogP contribution in [-0.2, 0) is 17.8 Å². The van der Waals surface area contributed by atoms with Crippen LogP contribution in [0.25, 0.3) is 11.0 Å². The minimum Gasteiger partial charge on any atom is -0.354 e. The summed E-state index contributed by atoms with van der Waals surface area (Å²) in [5.74, 6) is 0.100. The summed E-state index contributed by atoms with van der Waals surface area (Å²) in [6, 6.07) is 7.79. The Balaban J connectivity index is 1.56. The Labute approximate surface area is 137 Å². The molecule has 1 aromatic carbocycles. The molecule has 2 N–H and O–H groups in total. The molecule has 0 saturated heterocycles. The van der Waals surface area contributed by atoms with Crippen molar-refractivity contribution in [1.82, 2.24) is 19.9 Å². The highest BCUT2D eigenvalue weighted by Crippen LogP contribution is 2.12. The van der Waals surface area contributed by atoms with Crippen molar-refractivity contribution in [3.8, 4) is 0 Å². The third kappa shape index (κ3) is 3.51. The molecular weight excluding hydrogens is 311 g/mol. The summed E-state index contributed by atoms with van der Waals surface area (Å²) >= 11 is 0. The van der Waals surface area contributed by atoms with Crippen LogP contribution in [0.15, 0.2) is 41.3 Å². The fourth-order valence-electron chi connectivity index (χ4n) is 2.47. The molecule has 7 heteroatoms. The second kappa shape index (κ2) is 6.66. The lowest BCUT2D eigenvalue weighted by Crippen LogP contribution is -2.33. The molecule has 0 aliphatic carbocycles. The molecule has 124 valence electrons. The number of aromatic nitrogens is 3. The number of H-pyrrole nitrogens is 1. The molecule has 0 aliphatic rings. The molecule has 6 nitrogen and oxygen atoms in total. The molecule has 0 bridgehead atoms. The van der Waals surface area contributed by atoms with Gasteiger partial charge in [-0.1, -0.05) is 6.07 Å². The maximum absolute atomic E-state index is 13.1. The molecule has 0 spiro atoms. The third-order valence-electron chi connectivity index (χ3n) is 3.70. The van der Waals surface area contributed by atoms with Crippen LogP contribution in [0.1, 0.15) is 11.4 Å². The van der Waals surface area contributed by atoms with Crippen LogP contribution in [0, 0.1) is 12.7 Å². The summed E-state index contributed by atoms with van der Waals surface area (Å²) < 4.78 is 14.5. The highest BCUT2D eigenvalue weighted by atomic mass is 19.1. The minimum absolute atomic E-state index is 0.0220. The fourth-order valence-corrected chi connectivity index (χ4v) is 2.47. The van der Waals surface area contributed by atoms with E-state index in [9.17, 15) is 14.0 Å². The quantitative estimate of drug-likeness (QED) is 0.745. The summed E-state index contributed by atoms with van der Waals surface area (Å²) in [5, 5.41) is 2.75. The van der Waals surface area contributed by atoms with Gasteiger partial charge in [-0.3, -0.25) is 9.59 Å². The summed E-state index contributed by atoms with van der Waals surface area (Å²) in [4.78, 5) is 31.1. The van der Waals surface area contributed by atoms with Gasteiger partial charge in [-0.25, -0.2) is 9.37 Å². The normalized spacial score (nSPS) is 10.9. The first-order valence-electron chi connectivity index (χ1n) is 7.60. The van der Waals surface area contributed by atoms with E-state index in [1.165, 1.54) is 16.7 Å². The number of pyridine rings is 1. The van der Waals surface area contributed by atoms with Gasteiger partial charge in [0.2, 0.25) is 5.91 Å². The molecular formula is C17H17FN4O2. The number of imidazole rings is 1. The zero-order chi connectivity index (χ0) is 17.1. The van der Waals surface area contributed by atoms with Crippen molar-refractivity contribution >= 4 is 16.9 Å². The van der Waals surface area contributed by atoms with E-state index < -0.39 is 0 Å². The van der Waals surface area contributed by atoms with E-state index >= 15 is 0 Å². The fraction of sp³-hybridized carbons (Fsp3) is 0.235. The molecule has 0 saturated carbocycles. The molecule has 0 atom stereocenters. The van der Waals surface area contributed by atoms with E-state index in [1.54, 1.807) is 31.3 Å². The predicted octanol–water partition coefficient (Wildman–Crippen LogP) is 1.53. The molecule has 1 amide bonds. The Morgan fingerprint density at radius 3 is 3.04 bits per heavy atom. The monoisotopic (exact) mass is 328 g/mol. The molecule has 2 heterocycles. The van der Waals surface area contributed by atoms with Gasteiger partial charge < -0.3 is 14.9 Å². The van der Waals surface area contributed by atoms with Crippen LogP contribution in [0.3, 0.4) is 0 Å². The molecule has 24 heavy (non-hydrogen) atoms. The van der Waals surface area contributed by atoms with Crippen LogP contribution >= 0.6 is 0 Å². The van der Waals surface area contributed by atoms with E-state index in [2.05, 4.69) is 15.3 Å². The van der Waals surface area contributed by atoms with E-state index in [4.69, 9.17) is 0 Å². The minimum atomic E-state index is -0.324. The number of nitrogens with zero attached hydrogens (tertiary/aromatic N) is 2. The Kier molecular flexibility index (Phi) is 4.41. The Morgan fingerprint density at radius 2 is 2.21 bits per heavy atom. The van der Waals surface area contributed by atoms with Gasteiger partial charge in [0.25, 0.3) is 5.56 Å². The highest BCUT2D eigenvalue weighted by molar-refractivity contribution is 5.76. The molecule has 3 aromatic rings. The third-order valence-corrected chi connectivity index (χ3v) is 3.70. The van der Waals surface area contributed by atoms with Crippen molar-refractivity contribution in [2.45, 2.75) is 19.9 Å². The first-order chi connectivity index (χ1) is 11.5. The second-order valence-electron chi connectivity index (χ2n) is 5.57. The van der Waals surface area contributed by atoms with Crippen molar-refractivity contribution < 1.29 is 9.18 Å². The van der Waals surface area contributed by atoms with Gasteiger partial charge in [-0.15, -0.1) is 0 Å². The maximum Gasteiger partial charge on any atom is 0.253 e. The highest BCUT2D eigenvalue weighted by Gasteiger charge is 2.07. The molecule has 0 radical (unpaired) electrons. The predicted molar refractivity (Wildman–Crippen MR) is 88.2 cm³/mol. The number of hydrogen-bond donors (Lipinski definition) is 2. The number of halogens is 1. The van der Waals surface area contributed by atoms with Gasteiger partial charge in [0, 0.05) is 24.7 Å². The lowest BCUT2D eigenvalue weighted by atomic mass is 10.3. The summed E-state index contributed by atoms with van der Waals surface area (Å²) in [6.07, 6.45) is 2.08. The molecule has 2 aromatic heterocycles.